The van der Waals surface area contributed by atoms with Gasteiger partial charge in [-0.15, -0.1) is 0 Å². The molecule has 2 aromatic carbocycles. The van der Waals surface area contributed by atoms with Gasteiger partial charge < -0.3 is 4.90 Å². The normalized spacial score (nSPS) is 11.8. The molecule has 1 amide bonds. The standard InChI is InChI=1S/C23H23N3OS/c1-16-9-7-12-20-17(2)15-21(25-22(16)20)28-18(3)23(27)26(14-8-13-24)19-10-5-4-6-11-19/h4-7,9-12,15,18H,8,14H2,1-3H3/t18-/m0/s1. The smallest absolute Gasteiger partial charge is 0.240 e. The van der Waals surface area contributed by atoms with E-state index in [4.69, 9.17) is 10.2 Å². The van der Waals surface area contributed by atoms with Crippen LogP contribution in [-0.2, 0) is 4.79 Å². The molecule has 0 aliphatic carbocycles. The van der Waals surface area contributed by atoms with Crippen molar-refractivity contribution in [2.24, 2.45) is 0 Å². The zero-order valence-corrected chi connectivity index (χ0v) is 17.2. The molecule has 0 N–H and O–H groups in total. The summed E-state index contributed by atoms with van der Waals surface area (Å²) < 4.78 is 0. The second-order valence-electron chi connectivity index (χ2n) is 6.74. The van der Waals surface area contributed by atoms with Crippen molar-refractivity contribution in [3.63, 3.8) is 0 Å². The predicted octanol–water partition coefficient (Wildman–Crippen LogP) is 5.28. The highest BCUT2D eigenvalue weighted by atomic mass is 32.2. The third-order valence-corrected chi connectivity index (χ3v) is 5.66. The molecule has 1 heterocycles. The SMILES string of the molecule is Cc1cc(S[C@@H](C)C(=O)N(CCC#N)c2ccccc2)nc2c(C)cccc12. The second-order valence-corrected chi connectivity index (χ2v) is 8.10. The molecule has 0 aliphatic heterocycles. The monoisotopic (exact) mass is 389 g/mol. The molecular weight excluding hydrogens is 366 g/mol. The van der Waals surface area contributed by atoms with E-state index < -0.39 is 0 Å². The van der Waals surface area contributed by atoms with E-state index in [2.05, 4.69) is 32.0 Å². The summed E-state index contributed by atoms with van der Waals surface area (Å²) in [4.78, 5) is 19.6. The van der Waals surface area contributed by atoms with E-state index in [-0.39, 0.29) is 11.2 Å². The first-order chi connectivity index (χ1) is 13.5. The van der Waals surface area contributed by atoms with E-state index in [9.17, 15) is 4.79 Å². The van der Waals surface area contributed by atoms with Crippen LogP contribution >= 0.6 is 11.8 Å². The van der Waals surface area contributed by atoms with E-state index in [0.717, 1.165) is 32.7 Å². The fourth-order valence-electron chi connectivity index (χ4n) is 3.18. The van der Waals surface area contributed by atoms with Crippen LogP contribution in [0.4, 0.5) is 5.69 Å². The Morgan fingerprint density at radius 3 is 2.61 bits per heavy atom. The van der Waals surface area contributed by atoms with Gasteiger partial charge in [0, 0.05) is 17.6 Å². The summed E-state index contributed by atoms with van der Waals surface area (Å²) in [6.07, 6.45) is 0.296. The lowest BCUT2D eigenvalue weighted by Crippen LogP contribution is -2.37. The molecule has 3 rings (SSSR count). The summed E-state index contributed by atoms with van der Waals surface area (Å²) >= 11 is 1.46. The number of aromatic nitrogens is 1. The molecule has 0 aliphatic rings. The highest BCUT2D eigenvalue weighted by molar-refractivity contribution is 8.00. The van der Waals surface area contributed by atoms with Crippen LogP contribution in [0.3, 0.4) is 0 Å². The van der Waals surface area contributed by atoms with Gasteiger partial charge in [0.15, 0.2) is 0 Å². The highest BCUT2D eigenvalue weighted by Crippen LogP contribution is 2.29. The fourth-order valence-corrected chi connectivity index (χ4v) is 4.16. The van der Waals surface area contributed by atoms with Crippen LogP contribution in [0.15, 0.2) is 59.6 Å². The Morgan fingerprint density at radius 2 is 1.89 bits per heavy atom. The molecule has 0 fully saturated rings. The number of carbonyl (C=O) groups is 1. The summed E-state index contributed by atoms with van der Waals surface area (Å²) in [5, 5.41) is 10.6. The Kier molecular flexibility index (Phi) is 6.33. The zero-order valence-electron chi connectivity index (χ0n) is 16.3. The average Bonchev–Trinajstić information content (AvgIpc) is 2.70. The van der Waals surface area contributed by atoms with E-state index >= 15 is 0 Å². The van der Waals surface area contributed by atoms with Gasteiger partial charge in [0.25, 0.3) is 0 Å². The summed E-state index contributed by atoms with van der Waals surface area (Å²) in [5.74, 6) is -0.0178. The van der Waals surface area contributed by atoms with E-state index in [1.807, 2.05) is 49.4 Å². The Labute approximate surface area is 170 Å². The summed E-state index contributed by atoms with van der Waals surface area (Å²) in [6, 6.07) is 19.8. The van der Waals surface area contributed by atoms with Crippen molar-refractivity contribution in [2.75, 3.05) is 11.4 Å². The molecule has 5 heteroatoms. The van der Waals surface area contributed by atoms with Crippen LogP contribution in [-0.4, -0.2) is 22.7 Å². The number of benzene rings is 2. The van der Waals surface area contributed by atoms with Gasteiger partial charge in [0.2, 0.25) is 5.91 Å². The number of amides is 1. The van der Waals surface area contributed by atoms with Gasteiger partial charge >= 0.3 is 0 Å². The molecule has 4 nitrogen and oxygen atoms in total. The minimum Gasteiger partial charge on any atom is -0.310 e. The molecule has 0 saturated heterocycles. The number of anilines is 1. The molecule has 1 atom stereocenters. The Morgan fingerprint density at radius 1 is 1.14 bits per heavy atom. The van der Waals surface area contributed by atoms with Crippen molar-refractivity contribution < 1.29 is 4.79 Å². The van der Waals surface area contributed by atoms with Crippen molar-refractivity contribution in [1.29, 1.82) is 5.26 Å². The van der Waals surface area contributed by atoms with Gasteiger partial charge in [-0.25, -0.2) is 4.98 Å². The number of para-hydroxylation sites is 2. The van der Waals surface area contributed by atoms with E-state index in [1.165, 1.54) is 11.8 Å². The average molecular weight is 390 g/mol. The number of carbonyl (C=O) groups excluding carboxylic acids is 1. The molecule has 0 saturated carbocycles. The maximum atomic E-state index is 13.1. The maximum absolute atomic E-state index is 13.1. The summed E-state index contributed by atoms with van der Waals surface area (Å²) in [7, 11) is 0. The van der Waals surface area contributed by atoms with Gasteiger partial charge in [0.05, 0.1) is 28.3 Å². The third-order valence-electron chi connectivity index (χ3n) is 4.65. The minimum atomic E-state index is -0.313. The molecule has 28 heavy (non-hydrogen) atoms. The lowest BCUT2D eigenvalue weighted by atomic mass is 10.1. The summed E-state index contributed by atoms with van der Waals surface area (Å²) in [5.41, 5.74) is 4.07. The van der Waals surface area contributed by atoms with Gasteiger partial charge in [-0.05, 0) is 50.1 Å². The Hall–Kier alpha value is -2.84. The number of thioether (sulfide) groups is 1. The number of rotatable bonds is 6. The molecular formula is C23H23N3OS. The number of nitriles is 1. The van der Waals surface area contributed by atoms with Crippen LogP contribution in [0.1, 0.15) is 24.5 Å². The fraction of sp³-hybridized carbons (Fsp3) is 0.261. The number of aryl methyl sites for hydroxylation is 2. The molecule has 0 spiro atoms. The number of hydrogen-bond acceptors (Lipinski definition) is 4. The van der Waals surface area contributed by atoms with Crippen molar-refractivity contribution in [3.8, 4) is 6.07 Å². The van der Waals surface area contributed by atoms with E-state index in [0.29, 0.717) is 13.0 Å². The van der Waals surface area contributed by atoms with Gasteiger partial charge in [-0.2, -0.15) is 5.26 Å². The van der Waals surface area contributed by atoms with Crippen molar-refractivity contribution in [2.45, 2.75) is 37.5 Å². The lowest BCUT2D eigenvalue weighted by molar-refractivity contribution is -0.117. The van der Waals surface area contributed by atoms with Crippen molar-refractivity contribution in [1.82, 2.24) is 4.98 Å². The van der Waals surface area contributed by atoms with Crippen LogP contribution in [0.25, 0.3) is 10.9 Å². The van der Waals surface area contributed by atoms with Crippen LogP contribution < -0.4 is 4.90 Å². The first-order valence-corrected chi connectivity index (χ1v) is 10.2. The number of hydrogen-bond donors (Lipinski definition) is 0. The quantitative estimate of drug-likeness (QED) is 0.538. The first-order valence-electron chi connectivity index (χ1n) is 9.28. The van der Waals surface area contributed by atoms with Crippen molar-refractivity contribution >= 4 is 34.3 Å². The van der Waals surface area contributed by atoms with Crippen LogP contribution in [0, 0.1) is 25.2 Å². The number of nitrogens with zero attached hydrogens (tertiary/aromatic N) is 3. The highest BCUT2D eigenvalue weighted by Gasteiger charge is 2.23. The van der Waals surface area contributed by atoms with Gasteiger partial charge in [0.1, 0.15) is 0 Å². The number of fused-ring (bicyclic) bond motifs is 1. The Bertz CT molecular complexity index is 1030. The van der Waals surface area contributed by atoms with Gasteiger partial charge in [-0.3, -0.25) is 4.79 Å². The molecule has 1 aromatic heterocycles. The van der Waals surface area contributed by atoms with E-state index in [1.54, 1.807) is 4.90 Å². The third kappa shape index (κ3) is 4.35. The molecule has 0 radical (unpaired) electrons. The molecule has 142 valence electrons. The topological polar surface area (TPSA) is 57.0 Å². The van der Waals surface area contributed by atoms with Crippen LogP contribution in [0.5, 0.6) is 0 Å². The largest absolute Gasteiger partial charge is 0.310 e. The number of pyridine rings is 1. The van der Waals surface area contributed by atoms with Gasteiger partial charge in [-0.1, -0.05) is 48.2 Å². The first kappa shape index (κ1) is 19.9. The lowest BCUT2D eigenvalue weighted by Gasteiger charge is -2.25. The second kappa shape index (κ2) is 8.90. The predicted molar refractivity (Wildman–Crippen MR) is 116 cm³/mol. The summed E-state index contributed by atoms with van der Waals surface area (Å²) in [6.45, 7) is 6.40. The van der Waals surface area contributed by atoms with Crippen LogP contribution in [0.2, 0.25) is 0 Å². The zero-order chi connectivity index (χ0) is 20.1. The minimum absolute atomic E-state index is 0.0178. The molecule has 3 aromatic rings. The maximum Gasteiger partial charge on any atom is 0.240 e. The molecule has 0 unspecified atom stereocenters. The van der Waals surface area contributed by atoms with Crippen molar-refractivity contribution in [3.05, 3.63) is 65.7 Å². The molecule has 0 bridgehead atoms. The Balaban J connectivity index is 1.85.